The fourth-order valence-electron chi connectivity index (χ4n) is 2.35. The van der Waals surface area contributed by atoms with Gasteiger partial charge in [0, 0.05) is 23.5 Å². The minimum Gasteiger partial charge on any atom is -0.410 e. The van der Waals surface area contributed by atoms with E-state index in [1.807, 2.05) is 30.5 Å². The summed E-state index contributed by atoms with van der Waals surface area (Å²) >= 11 is 0. The molecule has 1 N–H and O–H groups in total. The van der Waals surface area contributed by atoms with Crippen LogP contribution in [0.1, 0.15) is 22.3 Å². The lowest BCUT2D eigenvalue weighted by atomic mass is 9.99. The third-order valence-corrected chi connectivity index (χ3v) is 3.19. The third-order valence-electron chi connectivity index (χ3n) is 3.19. The summed E-state index contributed by atoms with van der Waals surface area (Å²) in [5, 5.41) is 12.8. The van der Waals surface area contributed by atoms with Crippen molar-refractivity contribution in [1.29, 1.82) is 0 Å². The van der Waals surface area contributed by atoms with Crippen molar-refractivity contribution in [2.24, 2.45) is 5.16 Å². The van der Waals surface area contributed by atoms with Gasteiger partial charge in [-0.05, 0) is 30.0 Å². The molecule has 0 amide bonds. The van der Waals surface area contributed by atoms with E-state index in [1.165, 1.54) is 5.56 Å². The number of fused-ring (bicyclic) bond motifs is 2. The van der Waals surface area contributed by atoms with Crippen LogP contribution in [0.3, 0.4) is 0 Å². The Balaban J connectivity index is 2.27. The van der Waals surface area contributed by atoms with Gasteiger partial charge in [-0.25, -0.2) is 0 Å². The quantitative estimate of drug-likeness (QED) is 0.551. The van der Waals surface area contributed by atoms with Gasteiger partial charge >= 0.3 is 0 Å². The maximum atomic E-state index is 9.28. The lowest BCUT2D eigenvalue weighted by Crippen LogP contribution is -2.06. The molecule has 0 radical (unpaired) electrons. The van der Waals surface area contributed by atoms with Gasteiger partial charge < -0.3 is 5.21 Å². The molecule has 1 aliphatic rings. The van der Waals surface area contributed by atoms with Crippen LogP contribution in [0.25, 0.3) is 0 Å². The largest absolute Gasteiger partial charge is 0.410 e. The molecule has 0 saturated carbocycles. The van der Waals surface area contributed by atoms with Gasteiger partial charge in [0.2, 0.25) is 0 Å². The number of aryl methyl sites for hydroxylation is 2. The first-order valence-corrected chi connectivity index (χ1v) is 5.64. The Morgan fingerprint density at radius 2 is 1.76 bits per heavy atom. The fourth-order valence-corrected chi connectivity index (χ4v) is 2.35. The Labute approximate surface area is 99.4 Å². The average molecular weight is 224 g/mol. The smallest absolute Gasteiger partial charge is 0.117 e. The Kier molecular flexibility index (Phi) is 2.37. The first kappa shape index (κ1) is 10.0. The second-order valence-electron chi connectivity index (χ2n) is 4.14. The zero-order chi connectivity index (χ0) is 11.7. The predicted octanol–water partition coefficient (Wildman–Crippen LogP) is 2.41. The topological polar surface area (TPSA) is 45.5 Å². The molecule has 84 valence electrons. The van der Waals surface area contributed by atoms with Gasteiger partial charge in [0.05, 0.1) is 0 Å². The summed E-state index contributed by atoms with van der Waals surface area (Å²) in [6.07, 6.45) is 5.47. The van der Waals surface area contributed by atoms with Crippen molar-refractivity contribution in [1.82, 2.24) is 4.98 Å². The van der Waals surface area contributed by atoms with E-state index in [4.69, 9.17) is 0 Å². The maximum Gasteiger partial charge on any atom is 0.117 e. The fraction of sp³-hybridized carbons (Fsp3) is 0.143. The number of nitrogens with zero attached hydrogens (tertiary/aromatic N) is 2. The standard InChI is InChI=1S/C14H12N2O/c17-16-14-12-4-2-1-3-10(12)5-6-11-9-15-8-7-13(11)14/h1-4,7-9,17H,5-6H2/b16-14-. The molecule has 3 rings (SSSR count). The molecular formula is C14H12N2O. The minimum atomic E-state index is 0.649. The SMILES string of the molecule is O/N=C1/c2ccccc2CCc2cnccc21. The third kappa shape index (κ3) is 1.60. The van der Waals surface area contributed by atoms with Crippen molar-refractivity contribution in [2.45, 2.75) is 12.8 Å². The Morgan fingerprint density at radius 3 is 2.65 bits per heavy atom. The van der Waals surface area contributed by atoms with Crippen LogP contribution in [0, 0.1) is 0 Å². The zero-order valence-electron chi connectivity index (χ0n) is 9.30. The Morgan fingerprint density at radius 1 is 1.00 bits per heavy atom. The van der Waals surface area contributed by atoms with Crippen LogP contribution in [0.4, 0.5) is 0 Å². The number of hydrogen-bond donors (Lipinski definition) is 1. The lowest BCUT2D eigenvalue weighted by Gasteiger charge is -2.07. The van der Waals surface area contributed by atoms with E-state index in [1.54, 1.807) is 6.20 Å². The van der Waals surface area contributed by atoms with E-state index in [0.29, 0.717) is 5.71 Å². The van der Waals surface area contributed by atoms with Crippen LogP contribution in [-0.4, -0.2) is 15.9 Å². The van der Waals surface area contributed by atoms with E-state index in [-0.39, 0.29) is 0 Å². The minimum absolute atomic E-state index is 0.649. The molecule has 0 spiro atoms. The van der Waals surface area contributed by atoms with Crippen LogP contribution in [-0.2, 0) is 12.8 Å². The summed E-state index contributed by atoms with van der Waals surface area (Å²) in [4.78, 5) is 4.13. The van der Waals surface area contributed by atoms with E-state index in [0.717, 1.165) is 29.5 Å². The Hall–Kier alpha value is -2.16. The number of benzene rings is 1. The van der Waals surface area contributed by atoms with E-state index in [2.05, 4.69) is 16.2 Å². The molecule has 1 aliphatic carbocycles. The number of pyridine rings is 1. The van der Waals surface area contributed by atoms with E-state index >= 15 is 0 Å². The van der Waals surface area contributed by atoms with Crippen molar-refractivity contribution >= 4 is 5.71 Å². The molecule has 17 heavy (non-hydrogen) atoms. The lowest BCUT2D eigenvalue weighted by molar-refractivity contribution is 0.319. The summed E-state index contributed by atoms with van der Waals surface area (Å²) < 4.78 is 0. The van der Waals surface area contributed by atoms with Gasteiger partial charge in [-0.1, -0.05) is 29.4 Å². The van der Waals surface area contributed by atoms with Gasteiger partial charge in [-0.3, -0.25) is 4.98 Å². The summed E-state index contributed by atoms with van der Waals surface area (Å²) in [5.41, 5.74) is 5.00. The molecule has 3 nitrogen and oxygen atoms in total. The normalized spacial score (nSPS) is 16.1. The van der Waals surface area contributed by atoms with Crippen molar-refractivity contribution < 1.29 is 5.21 Å². The van der Waals surface area contributed by atoms with Crippen LogP contribution >= 0.6 is 0 Å². The van der Waals surface area contributed by atoms with Crippen LogP contribution in [0.2, 0.25) is 0 Å². The number of rotatable bonds is 0. The van der Waals surface area contributed by atoms with E-state index < -0.39 is 0 Å². The molecule has 0 atom stereocenters. The van der Waals surface area contributed by atoms with Crippen LogP contribution < -0.4 is 0 Å². The maximum absolute atomic E-state index is 9.28. The van der Waals surface area contributed by atoms with Crippen LogP contribution in [0.15, 0.2) is 47.9 Å². The molecule has 0 aliphatic heterocycles. The first-order valence-electron chi connectivity index (χ1n) is 5.64. The summed E-state index contributed by atoms with van der Waals surface area (Å²) in [7, 11) is 0. The molecule has 2 aromatic rings. The monoisotopic (exact) mass is 224 g/mol. The molecule has 3 heteroatoms. The molecule has 1 aromatic heterocycles. The van der Waals surface area contributed by atoms with Gasteiger partial charge in [0.25, 0.3) is 0 Å². The van der Waals surface area contributed by atoms with Crippen molar-refractivity contribution in [3.05, 3.63) is 65.0 Å². The van der Waals surface area contributed by atoms with Crippen molar-refractivity contribution in [3.63, 3.8) is 0 Å². The zero-order valence-corrected chi connectivity index (χ0v) is 9.30. The first-order chi connectivity index (χ1) is 8.40. The molecule has 0 fully saturated rings. The number of aromatic nitrogens is 1. The second kappa shape index (κ2) is 4.01. The Bertz CT molecular complexity index is 541. The second-order valence-corrected chi connectivity index (χ2v) is 4.14. The molecule has 1 heterocycles. The number of oxime groups is 1. The summed E-state index contributed by atoms with van der Waals surface area (Å²) in [6, 6.07) is 9.98. The highest BCUT2D eigenvalue weighted by atomic mass is 16.4. The van der Waals surface area contributed by atoms with Crippen molar-refractivity contribution in [3.8, 4) is 0 Å². The molecule has 0 unspecified atom stereocenters. The van der Waals surface area contributed by atoms with Gasteiger partial charge in [0.15, 0.2) is 0 Å². The number of hydrogen-bond acceptors (Lipinski definition) is 3. The van der Waals surface area contributed by atoms with Crippen LogP contribution in [0.5, 0.6) is 0 Å². The average Bonchev–Trinajstić information content (AvgIpc) is 2.55. The highest BCUT2D eigenvalue weighted by Gasteiger charge is 2.19. The summed E-state index contributed by atoms with van der Waals surface area (Å²) in [6.45, 7) is 0. The molecule has 0 saturated heterocycles. The molecule has 1 aromatic carbocycles. The molecule has 0 bridgehead atoms. The molecular weight excluding hydrogens is 212 g/mol. The van der Waals surface area contributed by atoms with Gasteiger partial charge in [-0.2, -0.15) is 0 Å². The van der Waals surface area contributed by atoms with E-state index in [9.17, 15) is 5.21 Å². The predicted molar refractivity (Wildman–Crippen MR) is 65.5 cm³/mol. The highest BCUT2D eigenvalue weighted by molar-refractivity contribution is 6.14. The van der Waals surface area contributed by atoms with Gasteiger partial charge in [-0.15, -0.1) is 0 Å². The highest BCUT2D eigenvalue weighted by Crippen LogP contribution is 2.24. The van der Waals surface area contributed by atoms with Crippen molar-refractivity contribution in [2.75, 3.05) is 0 Å². The van der Waals surface area contributed by atoms with Gasteiger partial charge in [0.1, 0.15) is 5.71 Å². The summed E-state index contributed by atoms with van der Waals surface area (Å²) in [5.74, 6) is 0.